The molecule has 4 heteroatoms. The lowest BCUT2D eigenvalue weighted by atomic mass is 10.1. The van der Waals surface area contributed by atoms with Gasteiger partial charge in [-0.3, -0.25) is 4.79 Å². The zero-order valence-corrected chi connectivity index (χ0v) is 8.51. The first-order valence-electron chi connectivity index (χ1n) is 3.94. The summed E-state index contributed by atoms with van der Waals surface area (Å²) in [5.74, 6) is 1.07. The summed E-state index contributed by atoms with van der Waals surface area (Å²) >= 11 is 4.07. The molecule has 0 fully saturated rings. The van der Waals surface area contributed by atoms with Crippen molar-refractivity contribution < 1.29 is 13.9 Å². The SMILES string of the molecule is COC(=O)C(CS)c1ccc(C)o1. The quantitative estimate of drug-likeness (QED) is 0.597. The van der Waals surface area contributed by atoms with E-state index < -0.39 is 5.92 Å². The summed E-state index contributed by atoms with van der Waals surface area (Å²) in [7, 11) is 1.36. The molecular weight excluding hydrogens is 188 g/mol. The van der Waals surface area contributed by atoms with Gasteiger partial charge in [0.15, 0.2) is 0 Å². The molecule has 0 aliphatic carbocycles. The first-order chi connectivity index (χ1) is 6.19. The van der Waals surface area contributed by atoms with Crippen molar-refractivity contribution in [3.8, 4) is 0 Å². The number of rotatable bonds is 3. The highest BCUT2D eigenvalue weighted by Crippen LogP contribution is 2.20. The van der Waals surface area contributed by atoms with Crippen LogP contribution in [-0.2, 0) is 9.53 Å². The number of aryl methyl sites for hydroxylation is 1. The first-order valence-corrected chi connectivity index (χ1v) is 4.57. The van der Waals surface area contributed by atoms with Crippen molar-refractivity contribution in [3.05, 3.63) is 23.7 Å². The summed E-state index contributed by atoms with van der Waals surface area (Å²) in [4.78, 5) is 11.2. The van der Waals surface area contributed by atoms with E-state index in [2.05, 4.69) is 17.4 Å². The van der Waals surface area contributed by atoms with Gasteiger partial charge in [-0.2, -0.15) is 12.6 Å². The second-order valence-corrected chi connectivity index (χ2v) is 3.07. The molecule has 0 aromatic carbocycles. The minimum Gasteiger partial charge on any atom is -0.468 e. The smallest absolute Gasteiger partial charge is 0.317 e. The number of thiol groups is 1. The van der Waals surface area contributed by atoms with Crippen molar-refractivity contribution in [2.24, 2.45) is 0 Å². The first kappa shape index (κ1) is 10.2. The Labute approximate surface area is 82.5 Å². The summed E-state index contributed by atoms with van der Waals surface area (Å²) in [5.41, 5.74) is 0. The number of hydrogen-bond donors (Lipinski definition) is 1. The van der Waals surface area contributed by atoms with Gasteiger partial charge in [0, 0.05) is 5.75 Å². The van der Waals surface area contributed by atoms with Crippen LogP contribution in [0.4, 0.5) is 0 Å². The highest BCUT2D eigenvalue weighted by Gasteiger charge is 2.22. The van der Waals surface area contributed by atoms with Crippen molar-refractivity contribution in [3.63, 3.8) is 0 Å². The molecule has 0 spiro atoms. The van der Waals surface area contributed by atoms with Crippen molar-refractivity contribution >= 4 is 18.6 Å². The topological polar surface area (TPSA) is 39.4 Å². The summed E-state index contributed by atoms with van der Waals surface area (Å²) in [6.45, 7) is 1.83. The zero-order valence-electron chi connectivity index (χ0n) is 7.61. The summed E-state index contributed by atoms with van der Waals surface area (Å²) in [5, 5.41) is 0. The van der Waals surface area contributed by atoms with Crippen molar-refractivity contribution in [1.82, 2.24) is 0 Å². The largest absolute Gasteiger partial charge is 0.468 e. The van der Waals surface area contributed by atoms with Gasteiger partial charge in [0.2, 0.25) is 0 Å². The summed E-state index contributed by atoms with van der Waals surface area (Å²) < 4.78 is 9.93. The van der Waals surface area contributed by atoms with Crippen LogP contribution in [0.2, 0.25) is 0 Å². The van der Waals surface area contributed by atoms with Crippen LogP contribution >= 0.6 is 12.6 Å². The number of carbonyl (C=O) groups excluding carboxylic acids is 1. The molecule has 72 valence electrons. The Kier molecular flexibility index (Phi) is 3.42. The lowest BCUT2D eigenvalue weighted by molar-refractivity contribution is -0.142. The van der Waals surface area contributed by atoms with Crippen LogP contribution < -0.4 is 0 Å². The summed E-state index contributed by atoms with van der Waals surface area (Å²) in [6, 6.07) is 3.59. The van der Waals surface area contributed by atoms with E-state index in [1.54, 1.807) is 6.07 Å². The lowest BCUT2D eigenvalue weighted by Gasteiger charge is -2.08. The monoisotopic (exact) mass is 200 g/mol. The Morgan fingerprint density at radius 2 is 2.38 bits per heavy atom. The Morgan fingerprint density at radius 3 is 2.77 bits per heavy atom. The third kappa shape index (κ3) is 2.28. The minimum absolute atomic E-state index is 0.315. The van der Waals surface area contributed by atoms with Crippen molar-refractivity contribution in [2.75, 3.05) is 12.9 Å². The van der Waals surface area contributed by atoms with Crippen LogP contribution in [0.3, 0.4) is 0 Å². The Bertz CT molecular complexity index is 293. The fourth-order valence-corrected chi connectivity index (χ4v) is 1.39. The molecule has 1 aromatic rings. The highest BCUT2D eigenvalue weighted by atomic mass is 32.1. The fourth-order valence-electron chi connectivity index (χ4n) is 1.06. The number of hydrogen-bond acceptors (Lipinski definition) is 4. The van der Waals surface area contributed by atoms with Crippen LogP contribution in [0, 0.1) is 6.92 Å². The van der Waals surface area contributed by atoms with E-state index in [9.17, 15) is 4.79 Å². The van der Waals surface area contributed by atoms with Gasteiger partial charge in [0.1, 0.15) is 17.4 Å². The van der Waals surface area contributed by atoms with Gasteiger partial charge in [0.25, 0.3) is 0 Å². The van der Waals surface area contributed by atoms with Crippen LogP contribution in [0.15, 0.2) is 16.5 Å². The molecule has 13 heavy (non-hydrogen) atoms. The van der Waals surface area contributed by atoms with Gasteiger partial charge in [0.05, 0.1) is 7.11 Å². The molecule has 0 saturated heterocycles. The van der Waals surface area contributed by atoms with E-state index in [1.165, 1.54) is 7.11 Å². The van der Waals surface area contributed by atoms with E-state index in [0.29, 0.717) is 11.5 Å². The number of ether oxygens (including phenoxy) is 1. The number of carbonyl (C=O) groups is 1. The standard InChI is InChI=1S/C9H12O3S/c1-6-3-4-8(12-6)7(5-13)9(10)11-2/h3-4,7,13H,5H2,1-2H3. The molecule has 3 nitrogen and oxygen atoms in total. The van der Waals surface area contributed by atoms with Crippen LogP contribution in [-0.4, -0.2) is 18.8 Å². The number of methoxy groups -OCH3 is 1. The minimum atomic E-state index is -0.401. The molecule has 0 amide bonds. The van der Waals surface area contributed by atoms with Gasteiger partial charge in [-0.1, -0.05) is 0 Å². The predicted molar refractivity (Wildman–Crippen MR) is 52.1 cm³/mol. The maximum Gasteiger partial charge on any atom is 0.317 e. The van der Waals surface area contributed by atoms with Crippen LogP contribution in [0.25, 0.3) is 0 Å². The third-order valence-electron chi connectivity index (χ3n) is 1.77. The van der Waals surface area contributed by atoms with E-state index in [0.717, 1.165) is 5.76 Å². The normalized spacial score (nSPS) is 12.5. The van der Waals surface area contributed by atoms with E-state index in [-0.39, 0.29) is 5.97 Å². The molecule has 0 N–H and O–H groups in total. The maximum atomic E-state index is 11.2. The highest BCUT2D eigenvalue weighted by molar-refractivity contribution is 7.80. The second kappa shape index (κ2) is 4.37. The Hall–Kier alpha value is -0.900. The van der Waals surface area contributed by atoms with Crippen molar-refractivity contribution in [2.45, 2.75) is 12.8 Å². The van der Waals surface area contributed by atoms with Gasteiger partial charge >= 0.3 is 5.97 Å². The van der Waals surface area contributed by atoms with Crippen molar-refractivity contribution in [1.29, 1.82) is 0 Å². The van der Waals surface area contributed by atoms with E-state index in [4.69, 9.17) is 4.42 Å². The Morgan fingerprint density at radius 1 is 1.69 bits per heavy atom. The molecule has 0 aliphatic heterocycles. The molecule has 0 radical (unpaired) electrons. The second-order valence-electron chi connectivity index (χ2n) is 2.71. The van der Waals surface area contributed by atoms with E-state index >= 15 is 0 Å². The fraction of sp³-hybridized carbons (Fsp3) is 0.444. The molecule has 0 aliphatic rings. The number of esters is 1. The molecule has 1 aromatic heterocycles. The average Bonchev–Trinajstić information content (AvgIpc) is 2.53. The van der Waals surface area contributed by atoms with Gasteiger partial charge in [-0.15, -0.1) is 0 Å². The molecule has 1 rings (SSSR count). The van der Waals surface area contributed by atoms with Crippen LogP contribution in [0.5, 0.6) is 0 Å². The zero-order chi connectivity index (χ0) is 9.84. The molecule has 0 saturated carbocycles. The summed E-state index contributed by atoms with van der Waals surface area (Å²) in [6.07, 6.45) is 0. The molecular formula is C9H12O3S. The maximum absolute atomic E-state index is 11.2. The predicted octanol–water partition coefficient (Wildman–Crippen LogP) is 1.77. The molecule has 0 bridgehead atoms. The van der Waals surface area contributed by atoms with Gasteiger partial charge in [-0.05, 0) is 19.1 Å². The Balaban J connectivity index is 2.84. The third-order valence-corrected chi connectivity index (χ3v) is 2.14. The molecule has 1 unspecified atom stereocenters. The lowest BCUT2D eigenvalue weighted by Crippen LogP contribution is -2.14. The average molecular weight is 200 g/mol. The van der Waals surface area contributed by atoms with Crippen LogP contribution in [0.1, 0.15) is 17.4 Å². The van der Waals surface area contributed by atoms with Gasteiger partial charge in [-0.25, -0.2) is 0 Å². The van der Waals surface area contributed by atoms with Gasteiger partial charge < -0.3 is 9.15 Å². The number of furan rings is 1. The molecule has 1 atom stereocenters. The van der Waals surface area contributed by atoms with E-state index in [1.807, 2.05) is 13.0 Å². The molecule has 1 heterocycles.